The lowest BCUT2D eigenvalue weighted by atomic mass is 9.93. The number of nitriles is 1. The third-order valence-electron chi connectivity index (χ3n) is 3.57. The van der Waals surface area contributed by atoms with Crippen molar-refractivity contribution in [3.63, 3.8) is 0 Å². The van der Waals surface area contributed by atoms with Crippen LogP contribution in [-0.2, 0) is 0 Å². The molecule has 1 aliphatic rings. The van der Waals surface area contributed by atoms with Gasteiger partial charge in [0, 0.05) is 19.0 Å². The van der Waals surface area contributed by atoms with Crippen LogP contribution in [0.15, 0.2) is 0 Å². The van der Waals surface area contributed by atoms with Crippen LogP contribution >= 0.6 is 0 Å². The fourth-order valence-corrected chi connectivity index (χ4v) is 2.73. The Balaban J connectivity index is 2.33. The zero-order chi connectivity index (χ0) is 12.5. The second-order valence-corrected chi connectivity index (χ2v) is 5.25. The Morgan fingerprint density at radius 2 is 2.00 bits per heavy atom. The van der Waals surface area contributed by atoms with E-state index in [1.807, 2.05) is 6.92 Å². The molecule has 1 atom stereocenters. The Morgan fingerprint density at radius 3 is 2.59 bits per heavy atom. The average molecular weight is 238 g/mol. The van der Waals surface area contributed by atoms with Gasteiger partial charge in [0.2, 0.25) is 0 Å². The van der Waals surface area contributed by atoms with Gasteiger partial charge in [-0.1, -0.05) is 19.3 Å². The molecule has 98 valence electrons. The molecule has 3 heteroatoms. The lowest BCUT2D eigenvalue weighted by molar-refractivity contribution is 0.0812. The van der Waals surface area contributed by atoms with E-state index in [0.29, 0.717) is 12.5 Å². The zero-order valence-corrected chi connectivity index (χ0v) is 11.1. The van der Waals surface area contributed by atoms with Crippen molar-refractivity contribution in [1.82, 2.24) is 4.90 Å². The molecule has 17 heavy (non-hydrogen) atoms. The van der Waals surface area contributed by atoms with Crippen LogP contribution in [0.5, 0.6) is 0 Å². The van der Waals surface area contributed by atoms with E-state index in [1.54, 1.807) is 0 Å². The van der Waals surface area contributed by atoms with Crippen LogP contribution in [0.25, 0.3) is 0 Å². The monoisotopic (exact) mass is 238 g/mol. The highest BCUT2D eigenvalue weighted by molar-refractivity contribution is 4.77. The first kappa shape index (κ1) is 14.5. The van der Waals surface area contributed by atoms with E-state index < -0.39 is 0 Å². The van der Waals surface area contributed by atoms with Gasteiger partial charge in [0.25, 0.3) is 0 Å². The Bertz CT molecular complexity index is 229. The van der Waals surface area contributed by atoms with Crippen LogP contribution in [0.1, 0.15) is 58.3 Å². The molecule has 1 saturated carbocycles. The van der Waals surface area contributed by atoms with Gasteiger partial charge in [0.1, 0.15) is 0 Å². The Hall–Kier alpha value is -0.590. The lowest BCUT2D eigenvalue weighted by Gasteiger charge is -2.35. The van der Waals surface area contributed by atoms with Crippen LogP contribution in [0.2, 0.25) is 0 Å². The van der Waals surface area contributed by atoms with E-state index in [1.165, 1.54) is 32.1 Å². The smallest absolute Gasteiger partial charge is 0.0639 e. The molecule has 1 N–H and O–H groups in total. The van der Waals surface area contributed by atoms with Crippen LogP contribution in [-0.4, -0.2) is 35.2 Å². The predicted molar refractivity (Wildman–Crippen MR) is 69.6 cm³/mol. The number of rotatable bonds is 7. The van der Waals surface area contributed by atoms with Crippen LogP contribution in [0.4, 0.5) is 0 Å². The quantitative estimate of drug-likeness (QED) is 0.694. The Morgan fingerprint density at radius 1 is 1.29 bits per heavy atom. The fourth-order valence-electron chi connectivity index (χ4n) is 2.73. The molecule has 3 nitrogen and oxygen atoms in total. The highest BCUT2D eigenvalue weighted by atomic mass is 16.3. The molecule has 0 saturated heterocycles. The summed E-state index contributed by atoms with van der Waals surface area (Å²) in [5, 5.41) is 18.1. The van der Waals surface area contributed by atoms with E-state index >= 15 is 0 Å². The summed E-state index contributed by atoms with van der Waals surface area (Å²) in [6.07, 6.45) is 9.08. The summed E-state index contributed by atoms with van der Waals surface area (Å²) in [6, 6.07) is 2.86. The first-order valence-corrected chi connectivity index (χ1v) is 7.03. The minimum absolute atomic E-state index is 0.243. The Kier molecular flexibility index (Phi) is 7.23. The normalized spacial score (nSPS) is 19.2. The number of aliphatic hydroxyl groups is 1. The second kappa shape index (κ2) is 8.49. The summed E-state index contributed by atoms with van der Waals surface area (Å²) in [5.41, 5.74) is 0. The molecule has 1 fully saturated rings. The summed E-state index contributed by atoms with van der Waals surface area (Å²) in [5.74, 6) is 0. The molecule has 0 radical (unpaired) electrons. The summed E-state index contributed by atoms with van der Waals surface area (Å²) < 4.78 is 0. The first-order valence-electron chi connectivity index (χ1n) is 7.03. The molecule has 1 aliphatic carbocycles. The largest absolute Gasteiger partial charge is 0.392 e. The van der Waals surface area contributed by atoms with Gasteiger partial charge in [-0.25, -0.2) is 0 Å². The molecule has 0 aromatic rings. The predicted octanol–water partition coefficient (Wildman–Crippen LogP) is 2.70. The van der Waals surface area contributed by atoms with Crippen molar-refractivity contribution < 1.29 is 5.11 Å². The lowest BCUT2D eigenvalue weighted by Crippen LogP contribution is -2.41. The molecule has 1 rings (SSSR count). The van der Waals surface area contributed by atoms with E-state index in [0.717, 1.165) is 25.9 Å². The molecule has 0 aromatic carbocycles. The number of hydrogen-bond acceptors (Lipinski definition) is 3. The second-order valence-electron chi connectivity index (χ2n) is 5.25. The minimum atomic E-state index is -0.243. The number of nitrogens with zero attached hydrogens (tertiary/aromatic N) is 2. The maximum Gasteiger partial charge on any atom is 0.0639 e. The van der Waals surface area contributed by atoms with Crippen LogP contribution < -0.4 is 0 Å². The molecule has 0 heterocycles. The topological polar surface area (TPSA) is 47.3 Å². The molecule has 0 amide bonds. The summed E-state index contributed by atoms with van der Waals surface area (Å²) in [7, 11) is 0. The number of hydrogen-bond donors (Lipinski definition) is 1. The molecule has 0 bridgehead atoms. The first-order chi connectivity index (χ1) is 8.24. The van der Waals surface area contributed by atoms with Gasteiger partial charge in [0.15, 0.2) is 0 Å². The van der Waals surface area contributed by atoms with E-state index in [2.05, 4.69) is 11.0 Å². The van der Waals surface area contributed by atoms with Crippen molar-refractivity contribution in [3.8, 4) is 6.07 Å². The SMILES string of the molecule is C[C@H](O)CN(CCCCC#N)C1CCCCC1. The van der Waals surface area contributed by atoms with Crippen molar-refractivity contribution in [2.24, 2.45) is 0 Å². The highest BCUT2D eigenvalue weighted by Crippen LogP contribution is 2.23. The van der Waals surface area contributed by atoms with Gasteiger partial charge in [-0.05, 0) is 39.2 Å². The van der Waals surface area contributed by atoms with Crippen molar-refractivity contribution in [3.05, 3.63) is 0 Å². The van der Waals surface area contributed by atoms with E-state index in [-0.39, 0.29) is 6.10 Å². The number of unbranched alkanes of at least 4 members (excludes halogenated alkanes) is 2. The Labute approximate surface area is 105 Å². The van der Waals surface area contributed by atoms with Crippen LogP contribution in [0, 0.1) is 11.3 Å². The summed E-state index contributed by atoms with van der Waals surface area (Å²) in [4.78, 5) is 2.45. The van der Waals surface area contributed by atoms with Crippen molar-refractivity contribution in [2.45, 2.75) is 70.4 Å². The van der Waals surface area contributed by atoms with Gasteiger partial charge in [-0.3, -0.25) is 4.90 Å². The maximum absolute atomic E-state index is 9.56. The van der Waals surface area contributed by atoms with E-state index in [4.69, 9.17) is 5.26 Å². The molecule has 0 unspecified atom stereocenters. The zero-order valence-electron chi connectivity index (χ0n) is 11.1. The maximum atomic E-state index is 9.56. The van der Waals surface area contributed by atoms with Gasteiger partial charge < -0.3 is 5.11 Å². The highest BCUT2D eigenvalue weighted by Gasteiger charge is 2.21. The summed E-state index contributed by atoms with van der Waals surface area (Å²) >= 11 is 0. The van der Waals surface area contributed by atoms with Gasteiger partial charge in [0.05, 0.1) is 12.2 Å². The minimum Gasteiger partial charge on any atom is -0.392 e. The standard InChI is InChI=1S/C14H26N2O/c1-13(17)12-16(11-7-3-6-10-15)14-8-4-2-5-9-14/h13-14,17H,2-9,11-12H2,1H3/t13-/m0/s1. The molecular weight excluding hydrogens is 212 g/mol. The van der Waals surface area contributed by atoms with Crippen molar-refractivity contribution >= 4 is 0 Å². The van der Waals surface area contributed by atoms with Gasteiger partial charge in [-0.15, -0.1) is 0 Å². The molecule has 0 aliphatic heterocycles. The number of aliphatic hydroxyl groups excluding tert-OH is 1. The van der Waals surface area contributed by atoms with Crippen LogP contribution in [0.3, 0.4) is 0 Å². The fraction of sp³-hybridized carbons (Fsp3) is 0.929. The van der Waals surface area contributed by atoms with E-state index in [9.17, 15) is 5.11 Å². The van der Waals surface area contributed by atoms with Crippen molar-refractivity contribution in [2.75, 3.05) is 13.1 Å². The average Bonchev–Trinajstić information content (AvgIpc) is 2.34. The third-order valence-corrected chi connectivity index (χ3v) is 3.57. The summed E-state index contributed by atoms with van der Waals surface area (Å²) in [6.45, 7) is 3.69. The molecular formula is C14H26N2O. The van der Waals surface area contributed by atoms with Crippen molar-refractivity contribution in [1.29, 1.82) is 5.26 Å². The van der Waals surface area contributed by atoms with Gasteiger partial charge in [-0.2, -0.15) is 5.26 Å². The van der Waals surface area contributed by atoms with Gasteiger partial charge >= 0.3 is 0 Å². The molecule has 0 spiro atoms. The third kappa shape index (κ3) is 6.05. The molecule has 0 aromatic heterocycles.